The maximum Gasteiger partial charge on any atom is 0.336 e. The van der Waals surface area contributed by atoms with Crippen molar-refractivity contribution in [2.75, 3.05) is 0 Å². The number of nitrogens with zero attached hydrogens (tertiary/aromatic N) is 2. The number of nitro groups is 1. The van der Waals surface area contributed by atoms with Crippen molar-refractivity contribution in [1.29, 1.82) is 0 Å². The Labute approximate surface area is 130 Å². The van der Waals surface area contributed by atoms with E-state index in [1.807, 2.05) is 0 Å². The van der Waals surface area contributed by atoms with Crippen LogP contribution in [0.5, 0.6) is 0 Å². The minimum atomic E-state index is -1.07. The Morgan fingerprint density at radius 3 is 2.48 bits per heavy atom. The SMILES string of the molecule is O=C(O)c1ccccc1-c1ncc(-c2ccc([N+](=O)[O-])cc2)o1. The standard InChI is InChI=1S/C16H10N2O5/c19-16(20)13-4-2-1-3-12(13)15-17-9-14(23-15)10-5-7-11(8-6-10)18(21)22/h1-9H,(H,19,20). The predicted octanol–water partition coefficient (Wildman–Crippen LogP) is 3.62. The van der Waals surface area contributed by atoms with Crippen molar-refractivity contribution in [3.05, 3.63) is 70.4 Å². The highest BCUT2D eigenvalue weighted by Gasteiger charge is 2.16. The molecule has 3 rings (SSSR count). The lowest BCUT2D eigenvalue weighted by atomic mass is 10.1. The van der Waals surface area contributed by atoms with Crippen LogP contribution in [0, 0.1) is 10.1 Å². The molecule has 0 radical (unpaired) electrons. The number of aromatic carboxylic acids is 1. The number of hydrogen-bond acceptors (Lipinski definition) is 5. The summed E-state index contributed by atoms with van der Waals surface area (Å²) < 4.78 is 5.60. The lowest BCUT2D eigenvalue weighted by Gasteiger charge is -2.01. The van der Waals surface area contributed by atoms with Crippen LogP contribution < -0.4 is 0 Å². The molecule has 0 unspecified atom stereocenters. The minimum Gasteiger partial charge on any atom is -0.478 e. The van der Waals surface area contributed by atoms with Crippen LogP contribution in [0.25, 0.3) is 22.8 Å². The number of aromatic nitrogens is 1. The Balaban J connectivity index is 1.98. The van der Waals surface area contributed by atoms with E-state index in [9.17, 15) is 20.0 Å². The average molecular weight is 310 g/mol. The van der Waals surface area contributed by atoms with E-state index in [1.165, 1.54) is 24.4 Å². The molecule has 0 amide bonds. The molecule has 2 aromatic carbocycles. The molecule has 1 aromatic heterocycles. The smallest absolute Gasteiger partial charge is 0.336 e. The largest absolute Gasteiger partial charge is 0.478 e. The fraction of sp³-hybridized carbons (Fsp3) is 0. The molecule has 0 saturated carbocycles. The van der Waals surface area contributed by atoms with Gasteiger partial charge in [-0.3, -0.25) is 10.1 Å². The van der Waals surface area contributed by atoms with Crippen molar-refractivity contribution < 1.29 is 19.2 Å². The van der Waals surface area contributed by atoms with Gasteiger partial charge in [-0.25, -0.2) is 9.78 Å². The third kappa shape index (κ3) is 2.80. The number of hydrogen-bond donors (Lipinski definition) is 1. The van der Waals surface area contributed by atoms with E-state index in [4.69, 9.17) is 4.42 Å². The number of oxazole rings is 1. The summed E-state index contributed by atoms with van der Waals surface area (Å²) in [5.74, 6) is -0.498. The average Bonchev–Trinajstić information content (AvgIpc) is 3.04. The van der Waals surface area contributed by atoms with Gasteiger partial charge in [-0.05, 0) is 24.3 Å². The molecule has 0 spiro atoms. The summed E-state index contributed by atoms with van der Waals surface area (Å²) in [6.45, 7) is 0. The fourth-order valence-electron chi connectivity index (χ4n) is 2.14. The van der Waals surface area contributed by atoms with Crippen molar-refractivity contribution >= 4 is 11.7 Å². The molecule has 0 fully saturated rings. The van der Waals surface area contributed by atoms with E-state index < -0.39 is 10.9 Å². The zero-order valence-electron chi connectivity index (χ0n) is 11.7. The molecule has 7 nitrogen and oxygen atoms in total. The topological polar surface area (TPSA) is 106 Å². The number of benzene rings is 2. The molecule has 23 heavy (non-hydrogen) atoms. The Hall–Kier alpha value is -3.48. The van der Waals surface area contributed by atoms with E-state index in [0.29, 0.717) is 16.9 Å². The first-order valence-corrected chi connectivity index (χ1v) is 6.59. The van der Waals surface area contributed by atoms with E-state index in [2.05, 4.69) is 4.98 Å². The second-order valence-corrected chi connectivity index (χ2v) is 4.68. The zero-order valence-corrected chi connectivity index (χ0v) is 11.7. The molecular formula is C16H10N2O5. The number of carboxylic acid groups (broad SMARTS) is 1. The maximum absolute atomic E-state index is 11.2. The Morgan fingerprint density at radius 1 is 1.13 bits per heavy atom. The number of non-ortho nitro benzene ring substituents is 1. The van der Waals surface area contributed by atoms with Gasteiger partial charge < -0.3 is 9.52 Å². The van der Waals surface area contributed by atoms with Gasteiger partial charge in [-0.1, -0.05) is 12.1 Å². The summed E-state index contributed by atoms with van der Waals surface area (Å²) in [6.07, 6.45) is 1.45. The van der Waals surface area contributed by atoms with Gasteiger partial charge >= 0.3 is 5.97 Å². The van der Waals surface area contributed by atoms with Gasteiger partial charge in [-0.2, -0.15) is 0 Å². The second kappa shape index (κ2) is 5.72. The molecule has 0 saturated heterocycles. The van der Waals surface area contributed by atoms with E-state index in [0.717, 1.165) is 0 Å². The molecule has 1 heterocycles. The first kappa shape index (κ1) is 14.5. The Kier molecular flexibility index (Phi) is 3.60. The first-order chi connectivity index (χ1) is 11.1. The van der Waals surface area contributed by atoms with Crippen LogP contribution in [0.2, 0.25) is 0 Å². The van der Waals surface area contributed by atoms with Crippen LogP contribution in [0.15, 0.2) is 59.1 Å². The van der Waals surface area contributed by atoms with Crippen LogP contribution in [-0.4, -0.2) is 21.0 Å². The number of carbonyl (C=O) groups is 1. The summed E-state index contributed by atoms with van der Waals surface area (Å²) >= 11 is 0. The van der Waals surface area contributed by atoms with Gasteiger partial charge in [0.05, 0.1) is 22.2 Å². The normalized spacial score (nSPS) is 10.4. The summed E-state index contributed by atoms with van der Waals surface area (Å²) in [7, 11) is 0. The lowest BCUT2D eigenvalue weighted by Crippen LogP contribution is -1.98. The quantitative estimate of drug-likeness (QED) is 0.582. The number of carboxylic acids is 1. The van der Waals surface area contributed by atoms with Crippen LogP contribution >= 0.6 is 0 Å². The van der Waals surface area contributed by atoms with Crippen LogP contribution in [-0.2, 0) is 0 Å². The number of rotatable bonds is 4. The molecule has 0 atom stereocenters. The Bertz CT molecular complexity index is 883. The van der Waals surface area contributed by atoms with Crippen molar-refractivity contribution in [2.45, 2.75) is 0 Å². The van der Waals surface area contributed by atoms with Crippen molar-refractivity contribution in [1.82, 2.24) is 4.98 Å². The van der Waals surface area contributed by atoms with Gasteiger partial charge in [0.15, 0.2) is 5.76 Å². The van der Waals surface area contributed by atoms with Gasteiger partial charge in [0.2, 0.25) is 5.89 Å². The molecular weight excluding hydrogens is 300 g/mol. The third-order valence-electron chi connectivity index (χ3n) is 3.26. The summed E-state index contributed by atoms with van der Waals surface area (Å²) in [5, 5.41) is 19.9. The molecule has 0 aliphatic heterocycles. The maximum atomic E-state index is 11.2. The predicted molar refractivity (Wildman–Crippen MR) is 81.0 cm³/mol. The highest BCUT2D eigenvalue weighted by atomic mass is 16.6. The monoisotopic (exact) mass is 310 g/mol. The summed E-state index contributed by atoms with van der Waals surface area (Å²) in [4.78, 5) is 25.5. The molecule has 0 aliphatic rings. The van der Waals surface area contributed by atoms with Crippen LogP contribution in [0.4, 0.5) is 5.69 Å². The molecule has 7 heteroatoms. The summed E-state index contributed by atoms with van der Waals surface area (Å²) in [6, 6.07) is 12.2. The van der Waals surface area contributed by atoms with Crippen LogP contribution in [0.3, 0.4) is 0 Å². The minimum absolute atomic E-state index is 0.0234. The third-order valence-corrected chi connectivity index (χ3v) is 3.26. The molecule has 0 aliphatic carbocycles. The van der Waals surface area contributed by atoms with Crippen molar-refractivity contribution in [3.8, 4) is 22.8 Å². The molecule has 114 valence electrons. The second-order valence-electron chi connectivity index (χ2n) is 4.68. The van der Waals surface area contributed by atoms with E-state index in [1.54, 1.807) is 30.3 Å². The highest BCUT2D eigenvalue weighted by Crippen LogP contribution is 2.29. The molecule has 3 aromatic rings. The Morgan fingerprint density at radius 2 is 1.83 bits per heavy atom. The number of nitro benzene ring substituents is 1. The summed E-state index contributed by atoms with van der Waals surface area (Å²) in [5.41, 5.74) is 1.05. The zero-order chi connectivity index (χ0) is 16.4. The fourth-order valence-corrected chi connectivity index (χ4v) is 2.14. The van der Waals surface area contributed by atoms with Gasteiger partial charge in [0.25, 0.3) is 5.69 Å². The van der Waals surface area contributed by atoms with Crippen LogP contribution in [0.1, 0.15) is 10.4 Å². The van der Waals surface area contributed by atoms with Gasteiger partial charge in [-0.15, -0.1) is 0 Å². The van der Waals surface area contributed by atoms with Crippen molar-refractivity contribution in [3.63, 3.8) is 0 Å². The van der Waals surface area contributed by atoms with E-state index >= 15 is 0 Å². The molecule has 1 N–H and O–H groups in total. The van der Waals surface area contributed by atoms with Gasteiger partial charge in [0.1, 0.15) is 0 Å². The van der Waals surface area contributed by atoms with Gasteiger partial charge in [0, 0.05) is 17.7 Å². The van der Waals surface area contributed by atoms with Crippen molar-refractivity contribution in [2.24, 2.45) is 0 Å². The lowest BCUT2D eigenvalue weighted by molar-refractivity contribution is -0.384. The highest BCUT2D eigenvalue weighted by molar-refractivity contribution is 5.94. The first-order valence-electron chi connectivity index (χ1n) is 6.59. The van der Waals surface area contributed by atoms with E-state index in [-0.39, 0.29) is 17.1 Å². The molecule has 0 bridgehead atoms.